The van der Waals surface area contributed by atoms with E-state index in [-0.39, 0.29) is 5.91 Å². The van der Waals surface area contributed by atoms with E-state index in [0.717, 1.165) is 63.8 Å². The van der Waals surface area contributed by atoms with Crippen molar-refractivity contribution in [2.45, 2.75) is 52.5 Å². The minimum Gasteiger partial charge on any atom is -0.339 e. The van der Waals surface area contributed by atoms with Crippen molar-refractivity contribution in [3.05, 3.63) is 34.9 Å². The van der Waals surface area contributed by atoms with Crippen LogP contribution in [0.15, 0.2) is 18.2 Å². The van der Waals surface area contributed by atoms with E-state index in [9.17, 15) is 4.79 Å². The highest BCUT2D eigenvalue weighted by molar-refractivity contribution is 5.96. The van der Waals surface area contributed by atoms with Crippen molar-refractivity contribution in [1.82, 2.24) is 10.2 Å². The molecule has 1 aromatic rings. The SMILES string of the molecule is CCCCN(CCCC)C(=O)c1cccc2c1CCNC2. The van der Waals surface area contributed by atoms with E-state index >= 15 is 0 Å². The second-order valence-corrected chi connectivity index (χ2v) is 5.87. The molecule has 1 amide bonds. The molecule has 116 valence electrons. The molecule has 0 spiro atoms. The Morgan fingerprint density at radius 2 is 1.90 bits per heavy atom. The van der Waals surface area contributed by atoms with Crippen LogP contribution < -0.4 is 5.32 Å². The largest absolute Gasteiger partial charge is 0.339 e. The predicted octanol–water partition coefficient (Wildman–Crippen LogP) is 3.37. The van der Waals surface area contributed by atoms with Gasteiger partial charge in [-0.2, -0.15) is 0 Å². The van der Waals surface area contributed by atoms with Crippen LogP contribution in [0, 0.1) is 0 Å². The number of unbranched alkanes of at least 4 members (excludes halogenated alkanes) is 2. The summed E-state index contributed by atoms with van der Waals surface area (Å²) in [6.45, 7) is 7.99. The molecule has 1 aliphatic rings. The van der Waals surface area contributed by atoms with Crippen molar-refractivity contribution in [2.24, 2.45) is 0 Å². The number of hydrogen-bond acceptors (Lipinski definition) is 2. The number of amides is 1. The molecule has 3 nitrogen and oxygen atoms in total. The van der Waals surface area contributed by atoms with E-state index in [1.165, 1.54) is 11.1 Å². The molecule has 0 unspecified atom stereocenters. The first kappa shape index (κ1) is 16.0. The van der Waals surface area contributed by atoms with Gasteiger partial charge in [0.1, 0.15) is 0 Å². The van der Waals surface area contributed by atoms with Crippen molar-refractivity contribution in [3.63, 3.8) is 0 Å². The van der Waals surface area contributed by atoms with Crippen molar-refractivity contribution < 1.29 is 4.79 Å². The van der Waals surface area contributed by atoms with Gasteiger partial charge in [-0.05, 0) is 43.0 Å². The molecule has 0 saturated carbocycles. The first-order valence-electron chi connectivity index (χ1n) is 8.38. The molecule has 0 bridgehead atoms. The van der Waals surface area contributed by atoms with Crippen LogP contribution in [0.3, 0.4) is 0 Å². The van der Waals surface area contributed by atoms with Crippen LogP contribution in [0.1, 0.15) is 61.0 Å². The van der Waals surface area contributed by atoms with Crippen molar-refractivity contribution in [3.8, 4) is 0 Å². The van der Waals surface area contributed by atoms with Gasteiger partial charge in [-0.1, -0.05) is 38.8 Å². The van der Waals surface area contributed by atoms with Gasteiger partial charge in [0.2, 0.25) is 0 Å². The number of benzene rings is 1. The Bertz CT molecular complexity index is 462. The maximum atomic E-state index is 12.9. The highest BCUT2D eigenvalue weighted by atomic mass is 16.2. The van der Waals surface area contributed by atoms with Crippen molar-refractivity contribution in [2.75, 3.05) is 19.6 Å². The second-order valence-electron chi connectivity index (χ2n) is 5.87. The smallest absolute Gasteiger partial charge is 0.254 e. The third kappa shape index (κ3) is 4.07. The summed E-state index contributed by atoms with van der Waals surface area (Å²) in [5, 5.41) is 3.38. The van der Waals surface area contributed by atoms with Crippen LogP contribution in [-0.2, 0) is 13.0 Å². The molecule has 1 aromatic carbocycles. The Kier molecular flexibility index (Phi) is 6.24. The van der Waals surface area contributed by atoms with Crippen LogP contribution in [-0.4, -0.2) is 30.4 Å². The normalized spacial score (nSPS) is 13.8. The van der Waals surface area contributed by atoms with Gasteiger partial charge in [0.25, 0.3) is 5.91 Å². The average molecular weight is 288 g/mol. The van der Waals surface area contributed by atoms with Gasteiger partial charge < -0.3 is 10.2 Å². The average Bonchev–Trinajstić information content (AvgIpc) is 2.54. The van der Waals surface area contributed by atoms with Crippen LogP contribution >= 0.6 is 0 Å². The number of fused-ring (bicyclic) bond motifs is 1. The number of carbonyl (C=O) groups is 1. The molecule has 2 rings (SSSR count). The lowest BCUT2D eigenvalue weighted by Gasteiger charge is -2.26. The van der Waals surface area contributed by atoms with Gasteiger partial charge in [0.15, 0.2) is 0 Å². The van der Waals surface area contributed by atoms with Crippen LogP contribution in [0.4, 0.5) is 0 Å². The molecular formula is C18H28N2O. The molecule has 0 aliphatic carbocycles. The summed E-state index contributed by atoms with van der Waals surface area (Å²) < 4.78 is 0. The standard InChI is InChI=1S/C18H28N2O/c1-3-5-12-20(13-6-4-2)18(21)17-9-7-8-15-14-19-11-10-16(15)17/h7-9,19H,3-6,10-14H2,1-2H3. The zero-order valence-corrected chi connectivity index (χ0v) is 13.5. The summed E-state index contributed by atoms with van der Waals surface area (Å²) in [6, 6.07) is 6.18. The van der Waals surface area contributed by atoms with E-state index in [1.54, 1.807) is 0 Å². The fourth-order valence-electron chi connectivity index (χ4n) is 2.92. The third-order valence-corrected chi connectivity index (χ3v) is 4.22. The second kappa shape index (κ2) is 8.18. The molecule has 3 heteroatoms. The first-order valence-corrected chi connectivity index (χ1v) is 8.38. The van der Waals surface area contributed by atoms with Crippen molar-refractivity contribution in [1.29, 1.82) is 0 Å². The third-order valence-electron chi connectivity index (χ3n) is 4.22. The van der Waals surface area contributed by atoms with E-state index in [0.29, 0.717) is 0 Å². The van der Waals surface area contributed by atoms with Crippen molar-refractivity contribution >= 4 is 5.91 Å². The van der Waals surface area contributed by atoms with E-state index < -0.39 is 0 Å². The number of rotatable bonds is 7. The summed E-state index contributed by atoms with van der Waals surface area (Å²) in [5.41, 5.74) is 3.48. The highest BCUT2D eigenvalue weighted by Gasteiger charge is 2.21. The summed E-state index contributed by atoms with van der Waals surface area (Å²) >= 11 is 0. The van der Waals surface area contributed by atoms with Gasteiger partial charge >= 0.3 is 0 Å². The summed E-state index contributed by atoms with van der Waals surface area (Å²) in [4.78, 5) is 15.0. The number of nitrogens with one attached hydrogen (secondary N) is 1. The van der Waals surface area contributed by atoms with Crippen LogP contribution in [0.5, 0.6) is 0 Å². The summed E-state index contributed by atoms with van der Waals surface area (Å²) in [5.74, 6) is 0.232. The number of carbonyl (C=O) groups excluding carboxylic acids is 1. The zero-order valence-electron chi connectivity index (χ0n) is 13.5. The molecule has 1 heterocycles. The Balaban J connectivity index is 2.19. The maximum Gasteiger partial charge on any atom is 0.254 e. The lowest BCUT2D eigenvalue weighted by molar-refractivity contribution is 0.0749. The molecule has 0 radical (unpaired) electrons. The topological polar surface area (TPSA) is 32.3 Å². The minimum absolute atomic E-state index is 0.232. The van der Waals surface area contributed by atoms with Gasteiger partial charge in [0, 0.05) is 25.2 Å². The predicted molar refractivity (Wildman–Crippen MR) is 87.6 cm³/mol. The van der Waals surface area contributed by atoms with Gasteiger partial charge in [0.05, 0.1) is 0 Å². The highest BCUT2D eigenvalue weighted by Crippen LogP contribution is 2.20. The van der Waals surface area contributed by atoms with Gasteiger partial charge in [-0.15, -0.1) is 0 Å². The number of nitrogens with zero attached hydrogens (tertiary/aromatic N) is 1. The van der Waals surface area contributed by atoms with E-state index in [1.807, 2.05) is 12.1 Å². The monoisotopic (exact) mass is 288 g/mol. The summed E-state index contributed by atoms with van der Waals surface area (Å²) in [6.07, 6.45) is 5.41. The zero-order chi connectivity index (χ0) is 15.1. The summed E-state index contributed by atoms with van der Waals surface area (Å²) in [7, 11) is 0. The molecule has 1 N–H and O–H groups in total. The molecule has 0 fully saturated rings. The molecule has 0 atom stereocenters. The quantitative estimate of drug-likeness (QED) is 0.834. The molecule has 1 aliphatic heterocycles. The number of hydrogen-bond donors (Lipinski definition) is 1. The molecule has 21 heavy (non-hydrogen) atoms. The maximum absolute atomic E-state index is 12.9. The Morgan fingerprint density at radius 3 is 2.57 bits per heavy atom. The molecule has 0 aromatic heterocycles. The molecule has 0 saturated heterocycles. The first-order chi connectivity index (χ1) is 10.3. The Labute approximate surface area is 128 Å². The fraction of sp³-hybridized carbons (Fsp3) is 0.611. The van der Waals surface area contributed by atoms with E-state index in [2.05, 4.69) is 30.1 Å². The van der Waals surface area contributed by atoms with E-state index in [4.69, 9.17) is 0 Å². The van der Waals surface area contributed by atoms with Crippen LogP contribution in [0.25, 0.3) is 0 Å². The minimum atomic E-state index is 0.232. The lowest BCUT2D eigenvalue weighted by atomic mass is 9.94. The van der Waals surface area contributed by atoms with Gasteiger partial charge in [-0.3, -0.25) is 4.79 Å². The van der Waals surface area contributed by atoms with Gasteiger partial charge in [-0.25, -0.2) is 0 Å². The lowest BCUT2D eigenvalue weighted by Crippen LogP contribution is -2.35. The Hall–Kier alpha value is -1.35. The Morgan fingerprint density at radius 1 is 1.19 bits per heavy atom. The molecular weight excluding hydrogens is 260 g/mol. The van der Waals surface area contributed by atoms with Crippen LogP contribution in [0.2, 0.25) is 0 Å². The fourth-order valence-corrected chi connectivity index (χ4v) is 2.92.